The number of fused-ring (bicyclic) bond motifs is 5. The number of hydrogen-bond acceptors (Lipinski definition) is 7. The minimum atomic E-state index is 0.838. The van der Waals surface area contributed by atoms with E-state index >= 15 is 0 Å². The van der Waals surface area contributed by atoms with Gasteiger partial charge >= 0.3 is 0 Å². The predicted octanol–water partition coefficient (Wildman–Crippen LogP) is 11.8. The number of hydrogen-bond donors (Lipinski definition) is 0. The third-order valence-corrected chi connectivity index (χ3v) is 10.6. The fourth-order valence-corrected chi connectivity index (χ4v) is 7.88. The Labute approximate surface area is 303 Å². The largest absolute Gasteiger partial charge is 0.311 e. The SMILES string of the molecule is c1ccc2nnc(-c3ccc(N(c4ccc(-c5cc6ccccc6nn5)cc4)c4ccc(-c5ccc6c(n5)sc5ccccc56)cc4)cc3)cc2c1. The maximum atomic E-state index is 5.07. The summed E-state index contributed by atoms with van der Waals surface area (Å²) in [6, 6.07) is 58.7. The van der Waals surface area contributed by atoms with Crippen molar-refractivity contribution in [2.24, 2.45) is 0 Å². The molecule has 4 aromatic heterocycles. The first-order valence-electron chi connectivity index (χ1n) is 17.1. The van der Waals surface area contributed by atoms with Gasteiger partial charge in [0.25, 0.3) is 0 Å². The minimum absolute atomic E-state index is 0.838. The van der Waals surface area contributed by atoms with E-state index in [1.54, 1.807) is 11.3 Å². The first-order chi connectivity index (χ1) is 25.7. The molecule has 0 saturated heterocycles. The fourth-order valence-electron chi connectivity index (χ4n) is 6.81. The summed E-state index contributed by atoms with van der Waals surface area (Å²) in [6.45, 7) is 0. The molecule has 0 bridgehead atoms. The van der Waals surface area contributed by atoms with Gasteiger partial charge in [0.15, 0.2) is 0 Å². The molecule has 244 valence electrons. The Kier molecular flexibility index (Phi) is 7.22. The zero-order valence-corrected chi connectivity index (χ0v) is 28.6. The summed E-state index contributed by atoms with van der Waals surface area (Å²) >= 11 is 1.74. The molecule has 0 aliphatic carbocycles. The van der Waals surface area contributed by atoms with Crippen molar-refractivity contribution in [3.8, 4) is 33.8 Å². The highest BCUT2D eigenvalue weighted by Crippen LogP contribution is 2.38. The molecule has 0 spiro atoms. The molecule has 0 saturated carbocycles. The van der Waals surface area contributed by atoms with Crippen molar-refractivity contribution in [3.05, 3.63) is 170 Å². The van der Waals surface area contributed by atoms with Crippen LogP contribution in [-0.2, 0) is 0 Å². The molecule has 0 amide bonds. The van der Waals surface area contributed by atoms with E-state index in [-0.39, 0.29) is 0 Å². The highest BCUT2D eigenvalue weighted by atomic mass is 32.1. The Balaban J connectivity index is 1.02. The molecular weight excluding hydrogens is 657 g/mol. The summed E-state index contributed by atoms with van der Waals surface area (Å²) in [5.41, 5.74) is 10.6. The third-order valence-electron chi connectivity index (χ3n) is 9.50. The highest BCUT2D eigenvalue weighted by molar-refractivity contribution is 7.25. The lowest BCUT2D eigenvalue weighted by atomic mass is 10.1. The Morgan fingerprint density at radius 2 is 0.865 bits per heavy atom. The summed E-state index contributed by atoms with van der Waals surface area (Å²) in [5, 5.41) is 22.5. The van der Waals surface area contributed by atoms with Crippen LogP contribution in [0.4, 0.5) is 17.1 Å². The van der Waals surface area contributed by atoms with Gasteiger partial charge in [-0.3, -0.25) is 0 Å². The predicted molar refractivity (Wildman–Crippen MR) is 214 cm³/mol. The molecule has 0 radical (unpaired) electrons. The molecule has 0 aliphatic heterocycles. The van der Waals surface area contributed by atoms with Gasteiger partial charge in [-0.1, -0.05) is 91.0 Å². The van der Waals surface area contributed by atoms with Gasteiger partial charge in [-0.05, 0) is 78.9 Å². The Morgan fingerprint density at radius 3 is 1.42 bits per heavy atom. The number of benzene rings is 6. The normalized spacial score (nSPS) is 11.5. The maximum absolute atomic E-state index is 5.07. The Hall–Kier alpha value is -6.83. The van der Waals surface area contributed by atoms with Crippen LogP contribution >= 0.6 is 11.3 Å². The first kappa shape index (κ1) is 30.0. The minimum Gasteiger partial charge on any atom is -0.311 e. The third kappa shape index (κ3) is 5.41. The zero-order valence-electron chi connectivity index (χ0n) is 27.8. The number of thiophene rings is 1. The van der Waals surface area contributed by atoms with Crippen molar-refractivity contribution in [3.63, 3.8) is 0 Å². The van der Waals surface area contributed by atoms with Crippen LogP contribution in [0, 0.1) is 0 Å². The number of nitrogens with zero attached hydrogens (tertiary/aromatic N) is 6. The molecule has 0 atom stereocenters. The summed E-state index contributed by atoms with van der Waals surface area (Å²) in [6.07, 6.45) is 0. The van der Waals surface area contributed by atoms with Gasteiger partial charge < -0.3 is 4.90 Å². The molecule has 0 fully saturated rings. The number of rotatable bonds is 6. The van der Waals surface area contributed by atoms with Crippen molar-refractivity contribution in [1.29, 1.82) is 0 Å². The van der Waals surface area contributed by atoms with Crippen LogP contribution in [0.25, 0.3) is 75.9 Å². The van der Waals surface area contributed by atoms with Crippen molar-refractivity contribution < 1.29 is 0 Å². The van der Waals surface area contributed by atoms with E-state index in [4.69, 9.17) is 4.98 Å². The van der Waals surface area contributed by atoms with Crippen molar-refractivity contribution in [2.45, 2.75) is 0 Å². The second kappa shape index (κ2) is 12.5. The zero-order chi connectivity index (χ0) is 34.4. The molecule has 0 N–H and O–H groups in total. The van der Waals surface area contributed by atoms with Gasteiger partial charge in [0, 0.05) is 60.0 Å². The molecule has 7 heteroatoms. The summed E-state index contributed by atoms with van der Waals surface area (Å²) in [5.74, 6) is 0. The Bertz CT molecular complexity index is 2780. The second-order valence-electron chi connectivity index (χ2n) is 12.7. The summed E-state index contributed by atoms with van der Waals surface area (Å²) in [7, 11) is 0. The van der Waals surface area contributed by atoms with E-state index in [0.717, 1.165) is 77.5 Å². The van der Waals surface area contributed by atoms with E-state index in [9.17, 15) is 0 Å². The van der Waals surface area contributed by atoms with E-state index in [2.05, 4.69) is 159 Å². The molecule has 10 rings (SSSR count). The molecule has 6 nitrogen and oxygen atoms in total. The van der Waals surface area contributed by atoms with Crippen LogP contribution in [0.5, 0.6) is 0 Å². The molecule has 0 unspecified atom stereocenters. The molecule has 10 aromatic rings. The monoisotopic (exact) mass is 684 g/mol. The van der Waals surface area contributed by atoms with Crippen molar-refractivity contribution in [2.75, 3.05) is 4.90 Å². The Morgan fingerprint density at radius 1 is 0.385 bits per heavy atom. The summed E-state index contributed by atoms with van der Waals surface area (Å²) in [4.78, 5) is 8.39. The van der Waals surface area contributed by atoms with Gasteiger partial charge in [0.1, 0.15) is 4.83 Å². The van der Waals surface area contributed by atoms with Crippen molar-refractivity contribution in [1.82, 2.24) is 25.4 Å². The molecule has 52 heavy (non-hydrogen) atoms. The number of pyridine rings is 1. The number of aromatic nitrogens is 5. The fraction of sp³-hybridized carbons (Fsp3) is 0. The molecule has 6 aromatic carbocycles. The van der Waals surface area contributed by atoms with Crippen LogP contribution in [-0.4, -0.2) is 25.4 Å². The van der Waals surface area contributed by atoms with Gasteiger partial charge in [0.05, 0.1) is 28.1 Å². The van der Waals surface area contributed by atoms with E-state index in [1.165, 1.54) is 15.5 Å². The molecule has 0 aliphatic rings. The van der Waals surface area contributed by atoms with Crippen LogP contribution in [0.1, 0.15) is 0 Å². The van der Waals surface area contributed by atoms with Crippen LogP contribution in [0.3, 0.4) is 0 Å². The van der Waals surface area contributed by atoms with Crippen LogP contribution < -0.4 is 4.90 Å². The van der Waals surface area contributed by atoms with Crippen LogP contribution in [0.15, 0.2) is 170 Å². The van der Waals surface area contributed by atoms with E-state index in [0.29, 0.717) is 0 Å². The van der Waals surface area contributed by atoms with Gasteiger partial charge in [-0.2, -0.15) is 0 Å². The smallest absolute Gasteiger partial charge is 0.125 e. The summed E-state index contributed by atoms with van der Waals surface area (Å²) < 4.78 is 1.26. The standard InChI is InChI=1S/C45H28N6S/c1-4-10-40-32(7-1)27-42(49-47-40)30-15-21-35(22-16-30)51(36-23-17-31(18-24-36)43-28-33-8-2-5-11-41(33)48-50-43)34-19-13-29(14-20-34)39-26-25-38-37-9-3-6-12-44(37)52-45(38)46-39/h1-28H. The lowest BCUT2D eigenvalue weighted by molar-refractivity contribution is 1.08. The second-order valence-corrected chi connectivity index (χ2v) is 13.7. The lowest BCUT2D eigenvalue weighted by Crippen LogP contribution is -2.10. The van der Waals surface area contributed by atoms with Gasteiger partial charge in [0.2, 0.25) is 0 Å². The van der Waals surface area contributed by atoms with Crippen molar-refractivity contribution >= 4 is 70.5 Å². The highest BCUT2D eigenvalue weighted by Gasteiger charge is 2.15. The maximum Gasteiger partial charge on any atom is 0.125 e. The van der Waals surface area contributed by atoms with Crippen LogP contribution in [0.2, 0.25) is 0 Å². The molecule has 4 heterocycles. The quantitative estimate of drug-likeness (QED) is 0.174. The first-order valence-corrected chi connectivity index (χ1v) is 17.9. The number of anilines is 3. The average molecular weight is 685 g/mol. The average Bonchev–Trinajstić information content (AvgIpc) is 3.59. The molecular formula is C45H28N6S. The van der Waals surface area contributed by atoms with Gasteiger partial charge in [-0.15, -0.1) is 31.7 Å². The lowest BCUT2D eigenvalue weighted by Gasteiger charge is -2.26. The van der Waals surface area contributed by atoms with Gasteiger partial charge in [-0.25, -0.2) is 4.98 Å². The van der Waals surface area contributed by atoms with E-state index < -0.39 is 0 Å². The topological polar surface area (TPSA) is 67.7 Å². The van der Waals surface area contributed by atoms with E-state index in [1.807, 2.05) is 36.4 Å².